The fourth-order valence-corrected chi connectivity index (χ4v) is 3.47. The minimum atomic E-state index is -0.00839. The van der Waals surface area contributed by atoms with E-state index in [0.717, 1.165) is 26.1 Å². The molecule has 2 aliphatic rings. The van der Waals surface area contributed by atoms with Crippen LogP contribution in [0, 0.1) is 10.8 Å². The molecule has 0 bridgehead atoms. The van der Waals surface area contributed by atoms with E-state index in [0.29, 0.717) is 0 Å². The van der Waals surface area contributed by atoms with Crippen LogP contribution in [0.4, 0.5) is 0 Å². The second-order valence-corrected chi connectivity index (χ2v) is 6.04. The van der Waals surface area contributed by atoms with Crippen LogP contribution >= 0.6 is 0 Å². The molecule has 0 saturated carbocycles. The summed E-state index contributed by atoms with van der Waals surface area (Å²) in [7, 11) is 3.48. The van der Waals surface area contributed by atoms with E-state index in [2.05, 4.69) is 13.8 Å². The Bertz CT molecular complexity index is 256. The summed E-state index contributed by atoms with van der Waals surface area (Å²) in [4.78, 5) is 0. The molecule has 0 amide bonds. The molecule has 0 aromatic carbocycles. The zero-order chi connectivity index (χ0) is 13.9. The standard InChI is InChI=1S/C15H28O4/c1-5-14(10-18-12(14)16-3)8-7-9-15(6-2)11-19-13(15)17-4/h12-13H,5-11H2,1-4H3. The minimum Gasteiger partial charge on any atom is -0.355 e. The Morgan fingerprint density at radius 3 is 1.53 bits per heavy atom. The Balaban J connectivity index is 1.82. The Hall–Kier alpha value is -0.160. The molecule has 4 atom stereocenters. The summed E-state index contributed by atoms with van der Waals surface area (Å²) in [5.41, 5.74) is 0.466. The number of rotatable bonds is 8. The van der Waals surface area contributed by atoms with E-state index in [1.54, 1.807) is 14.2 Å². The third kappa shape index (κ3) is 2.56. The molecule has 112 valence electrons. The first-order chi connectivity index (χ1) is 9.16. The van der Waals surface area contributed by atoms with Crippen molar-refractivity contribution in [1.29, 1.82) is 0 Å². The van der Waals surface area contributed by atoms with E-state index in [9.17, 15) is 0 Å². The molecule has 2 heterocycles. The molecule has 2 fully saturated rings. The summed E-state index contributed by atoms with van der Waals surface area (Å²) in [6.07, 6.45) is 5.75. The van der Waals surface area contributed by atoms with Crippen LogP contribution in [0.1, 0.15) is 46.0 Å². The lowest BCUT2D eigenvalue weighted by atomic mass is 9.72. The maximum absolute atomic E-state index is 5.51. The number of methoxy groups -OCH3 is 2. The van der Waals surface area contributed by atoms with E-state index >= 15 is 0 Å². The Labute approximate surface area is 116 Å². The highest BCUT2D eigenvalue weighted by Gasteiger charge is 2.50. The highest BCUT2D eigenvalue weighted by Crippen LogP contribution is 2.47. The quantitative estimate of drug-likeness (QED) is 0.681. The van der Waals surface area contributed by atoms with E-state index in [1.807, 2.05) is 0 Å². The molecule has 19 heavy (non-hydrogen) atoms. The van der Waals surface area contributed by atoms with Gasteiger partial charge in [0.1, 0.15) is 0 Å². The van der Waals surface area contributed by atoms with Crippen molar-refractivity contribution >= 4 is 0 Å². The van der Waals surface area contributed by atoms with Crippen molar-refractivity contribution in [2.24, 2.45) is 10.8 Å². The molecule has 4 heteroatoms. The lowest BCUT2D eigenvalue weighted by Crippen LogP contribution is -2.54. The first-order valence-corrected chi connectivity index (χ1v) is 7.45. The maximum atomic E-state index is 5.51. The zero-order valence-corrected chi connectivity index (χ0v) is 12.7. The zero-order valence-electron chi connectivity index (χ0n) is 12.7. The predicted octanol–water partition coefficient (Wildman–Crippen LogP) is 2.95. The van der Waals surface area contributed by atoms with Crippen molar-refractivity contribution < 1.29 is 18.9 Å². The van der Waals surface area contributed by atoms with Crippen LogP contribution in [0.5, 0.6) is 0 Å². The molecule has 4 unspecified atom stereocenters. The molecule has 0 N–H and O–H groups in total. The fourth-order valence-electron chi connectivity index (χ4n) is 3.47. The van der Waals surface area contributed by atoms with Gasteiger partial charge in [0.05, 0.1) is 13.2 Å². The third-order valence-corrected chi connectivity index (χ3v) is 5.23. The van der Waals surface area contributed by atoms with Crippen molar-refractivity contribution in [2.75, 3.05) is 27.4 Å². The van der Waals surface area contributed by atoms with Crippen LogP contribution in [0.2, 0.25) is 0 Å². The second kappa shape index (κ2) is 6.08. The van der Waals surface area contributed by atoms with Gasteiger partial charge in [-0.2, -0.15) is 0 Å². The van der Waals surface area contributed by atoms with Crippen molar-refractivity contribution in [1.82, 2.24) is 0 Å². The van der Waals surface area contributed by atoms with Gasteiger partial charge in [0.25, 0.3) is 0 Å². The van der Waals surface area contributed by atoms with Gasteiger partial charge in [-0.1, -0.05) is 20.3 Å². The molecular formula is C15H28O4. The van der Waals surface area contributed by atoms with Gasteiger partial charge in [-0.15, -0.1) is 0 Å². The lowest BCUT2D eigenvalue weighted by Gasteiger charge is -2.50. The van der Waals surface area contributed by atoms with Gasteiger partial charge < -0.3 is 18.9 Å². The van der Waals surface area contributed by atoms with Gasteiger partial charge in [0.2, 0.25) is 0 Å². The van der Waals surface area contributed by atoms with Crippen LogP contribution in [-0.4, -0.2) is 40.0 Å². The van der Waals surface area contributed by atoms with Crippen LogP contribution in [-0.2, 0) is 18.9 Å². The number of ether oxygens (including phenoxy) is 4. The molecule has 0 aliphatic carbocycles. The van der Waals surface area contributed by atoms with Gasteiger partial charge in [-0.05, 0) is 25.7 Å². The van der Waals surface area contributed by atoms with Crippen LogP contribution < -0.4 is 0 Å². The summed E-state index contributed by atoms with van der Waals surface area (Å²) in [5.74, 6) is 0. The summed E-state index contributed by atoms with van der Waals surface area (Å²) < 4.78 is 21.8. The fraction of sp³-hybridized carbons (Fsp3) is 1.00. The normalized spacial score (nSPS) is 41.7. The Kier molecular flexibility index (Phi) is 4.88. The third-order valence-electron chi connectivity index (χ3n) is 5.23. The molecular weight excluding hydrogens is 244 g/mol. The van der Waals surface area contributed by atoms with Crippen LogP contribution in [0.3, 0.4) is 0 Å². The average molecular weight is 272 g/mol. The molecule has 4 nitrogen and oxygen atoms in total. The molecule has 2 rings (SSSR count). The second-order valence-electron chi connectivity index (χ2n) is 6.04. The Morgan fingerprint density at radius 2 is 1.32 bits per heavy atom. The SMILES string of the molecule is CCC1(CCCC2(CC)COC2OC)COC1OC. The molecule has 2 saturated heterocycles. The van der Waals surface area contributed by atoms with E-state index < -0.39 is 0 Å². The topological polar surface area (TPSA) is 36.9 Å². The monoisotopic (exact) mass is 272 g/mol. The molecule has 0 aromatic heterocycles. The first-order valence-electron chi connectivity index (χ1n) is 7.45. The highest BCUT2D eigenvalue weighted by atomic mass is 16.7. The lowest BCUT2D eigenvalue weighted by molar-refractivity contribution is -0.312. The molecule has 0 radical (unpaired) electrons. The largest absolute Gasteiger partial charge is 0.355 e. The Morgan fingerprint density at radius 1 is 0.895 bits per heavy atom. The maximum Gasteiger partial charge on any atom is 0.164 e. The van der Waals surface area contributed by atoms with Gasteiger partial charge in [-0.25, -0.2) is 0 Å². The van der Waals surface area contributed by atoms with Crippen molar-refractivity contribution in [3.05, 3.63) is 0 Å². The summed E-state index contributed by atoms with van der Waals surface area (Å²) in [6, 6.07) is 0. The van der Waals surface area contributed by atoms with Crippen LogP contribution in [0.25, 0.3) is 0 Å². The number of hydrogen-bond donors (Lipinski definition) is 0. The van der Waals surface area contributed by atoms with Gasteiger partial charge in [0, 0.05) is 25.0 Å². The van der Waals surface area contributed by atoms with Gasteiger partial charge in [-0.3, -0.25) is 0 Å². The van der Waals surface area contributed by atoms with E-state index in [4.69, 9.17) is 18.9 Å². The summed E-state index contributed by atoms with van der Waals surface area (Å²) >= 11 is 0. The van der Waals surface area contributed by atoms with Crippen LogP contribution in [0.15, 0.2) is 0 Å². The molecule has 0 aromatic rings. The predicted molar refractivity (Wildman–Crippen MR) is 72.8 cm³/mol. The van der Waals surface area contributed by atoms with Crippen molar-refractivity contribution in [3.8, 4) is 0 Å². The summed E-state index contributed by atoms with van der Waals surface area (Å²) in [6.45, 7) is 6.14. The van der Waals surface area contributed by atoms with Crippen molar-refractivity contribution in [2.45, 2.75) is 58.5 Å². The molecule has 2 aliphatic heterocycles. The smallest absolute Gasteiger partial charge is 0.164 e. The minimum absolute atomic E-state index is 0.00839. The van der Waals surface area contributed by atoms with Gasteiger partial charge in [0.15, 0.2) is 12.6 Å². The van der Waals surface area contributed by atoms with E-state index in [-0.39, 0.29) is 23.4 Å². The van der Waals surface area contributed by atoms with Crippen molar-refractivity contribution in [3.63, 3.8) is 0 Å². The highest BCUT2D eigenvalue weighted by molar-refractivity contribution is 4.92. The molecule has 0 spiro atoms. The first kappa shape index (κ1) is 15.2. The van der Waals surface area contributed by atoms with Gasteiger partial charge >= 0.3 is 0 Å². The average Bonchev–Trinajstić information content (AvgIpc) is 2.38. The summed E-state index contributed by atoms with van der Waals surface area (Å²) in [5, 5.41) is 0. The number of hydrogen-bond acceptors (Lipinski definition) is 4. The van der Waals surface area contributed by atoms with E-state index in [1.165, 1.54) is 19.3 Å².